The minimum absolute atomic E-state index is 0.129. The molecule has 2 saturated heterocycles. The van der Waals surface area contributed by atoms with Crippen LogP contribution in [-0.4, -0.2) is 52.3 Å². The third-order valence-corrected chi connectivity index (χ3v) is 5.49. The molecule has 4 heterocycles. The van der Waals surface area contributed by atoms with Crippen LogP contribution in [0.2, 0.25) is 0 Å². The molecule has 0 unspecified atom stereocenters. The molecule has 2 aromatic rings. The fourth-order valence-corrected chi connectivity index (χ4v) is 4.03. The van der Waals surface area contributed by atoms with Gasteiger partial charge in [0.15, 0.2) is 0 Å². The Labute approximate surface area is 149 Å². The molecule has 0 N–H and O–H groups in total. The second-order valence-electron chi connectivity index (χ2n) is 6.81. The largest absolute Gasteiger partial charge is 0.372 e. The van der Waals surface area contributed by atoms with Gasteiger partial charge in [0, 0.05) is 24.5 Å². The highest BCUT2D eigenvalue weighted by Crippen LogP contribution is 2.36. The third-order valence-electron chi connectivity index (χ3n) is 4.67. The van der Waals surface area contributed by atoms with E-state index in [2.05, 4.69) is 10.1 Å². The molecule has 2 aromatic heterocycles. The van der Waals surface area contributed by atoms with Crippen LogP contribution in [0.4, 0.5) is 0 Å². The molecule has 1 spiro atoms. The number of amides is 1. The predicted octanol–water partition coefficient (Wildman–Crippen LogP) is 2.34. The van der Waals surface area contributed by atoms with Crippen molar-refractivity contribution in [3.05, 3.63) is 33.6 Å². The number of hydrogen-bond donors (Lipinski definition) is 0. The van der Waals surface area contributed by atoms with Crippen molar-refractivity contribution in [1.29, 1.82) is 0 Å². The Morgan fingerprint density at radius 1 is 1.48 bits per heavy atom. The molecular formula is C17H21N3O4S. The Morgan fingerprint density at radius 2 is 2.32 bits per heavy atom. The van der Waals surface area contributed by atoms with Crippen molar-refractivity contribution >= 4 is 17.2 Å². The number of ether oxygens (including phenoxy) is 2. The topological polar surface area (TPSA) is 77.7 Å². The Balaban J connectivity index is 1.30. The van der Waals surface area contributed by atoms with E-state index in [4.69, 9.17) is 14.0 Å². The van der Waals surface area contributed by atoms with Gasteiger partial charge in [0.05, 0.1) is 42.2 Å². The zero-order valence-electron chi connectivity index (χ0n) is 14.4. The molecule has 0 aliphatic carbocycles. The molecule has 0 bridgehead atoms. The van der Waals surface area contributed by atoms with Gasteiger partial charge in [0.2, 0.25) is 5.76 Å². The number of likely N-dealkylation sites (tertiary alicyclic amines) is 1. The number of nitrogens with zero attached hydrogens (tertiary/aromatic N) is 3. The lowest BCUT2D eigenvalue weighted by molar-refractivity contribution is -0.188. The zero-order valence-corrected chi connectivity index (χ0v) is 15.2. The van der Waals surface area contributed by atoms with Gasteiger partial charge in [0.1, 0.15) is 5.60 Å². The van der Waals surface area contributed by atoms with Crippen LogP contribution in [0.1, 0.15) is 39.8 Å². The summed E-state index contributed by atoms with van der Waals surface area (Å²) >= 11 is 1.64. The fourth-order valence-electron chi connectivity index (χ4n) is 3.44. The lowest BCUT2D eigenvalue weighted by Crippen LogP contribution is -2.67. The van der Waals surface area contributed by atoms with Crippen molar-refractivity contribution < 1.29 is 18.8 Å². The van der Waals surface area contributed by atoms with E-state index in [0.717, 1.165) is 23.5 Å². The van der Waals surface area contributed by atoms with Crippen molar-refractivity contribution in [2.24, 2.45) is 0 Å². The Morgan fingerprint density at radius 3 is 3.00 bits per heavy atom. The van der Waals surface area contributed by atoms with E-state index in [1.807, 2.05) is 12.3 Å². The highest BCUT2D eigenvalue weighted by atomic mass is 32.1. The Kier molecular flexibility index (Phi) is 4.35. The average Bonchev–Trinajstić information content (AvgIpc) is 3.18. The molecule has 0 aromatic carbocycles. The van der Waals surface area contributed by atoms with Gasteiger partial charge in [-0.25, -0.2) is 4.98 Å². The zero-order chi connectivity index (χ0) is 17.4. The molecule has 2 aliphatic heterocycles. The van der Waals surface area contributed by atoms with Gasteiger partial charge < -0.3 is 18.9 Å². The van der Waals surface area contributed by atoms with Crippen molar-refractivity contribution in [2.75, 3.05) is 19.7 Å². The fraction of sp³-hybridized carbons (Fsp3) is 0.588. The number of aryl methyl sites for hydroxylation is 2. The molecule has 7 nitrogen and oxygen atoms in total. The van der Waals surface area contributed by atoms with Crippen LogP contribution in [0.3, 0.4) is 0 Å². The molecule has 1 amide bonds. The first-order chi connectivity index (χ1) is 12.0. The molecular weight excluding hydrogens is 342 g/mol. The van der Waals surface area contributed by atoms with Gasteiger partial charge in [-0.1, -0.05) is 5.16 Å². The molecule has 2 fully saturated rings. The van der Waals surface area contributed by atoms with Crippen molar-refractivity contribution in [3.63, 3.8) is 0 Å². The monoisotopic (exact) mass is 363 g/mol. The smallest absolute Gasteiger partial charge is 0.292 e. The van der Waals surface area contributed by atoms with E-state index < -0.39 is 0 Å². The predicted molar refractivity (Wildman–Crippen MR) is 90.5 cm³/mol. The molecule has 0 saturated carbocycles. The second-order valence-corrected chi connectivity index (χ2v) is 7.87. The summed E-state index contributed by atoms with van der Waals surface area (Å²) in [7, 11) is 0. The average molecular weight is 363 g/mol. The van der Waals surface area contributed by atoms with Crippen molar-refractivity contribution in [2.45, 2.75) is 45.0 Å². The van der Waals surface area contributed by atoms with E-state index in [1.54, 1.807) is 29.2 Å². The minimum Gasteiger partial charge on any atom is -0.372 e. The van der Waals surface area contributed by atoms with Gasteiger partial charge in [-0.3, -0.25) is 4.79 Å². The maximum absolute atomic E-state index is 12.4. The standard InChI is InChI=1S/C17H21N3O4S/c1-11-5-15(24-19-11)16(21)20-9-17(10-20)6-14(3-4-23-17)22-7-13-8-25-12(2)18-13/h5,8,14H,3-4,6-7,9-10H2,1-2H3/t14-/m1/s1. The number of rotatable bonds is 4. The summed E-state index contributed by atoms with van der Waals surface area (Å²) in [5, 5.41) is 6.86. The van der Waals surface area contributed by atoms with Crippen LogP contribution in [-0.2, 0) is 16.1 Å². The summed E-state index contributed by atoms with van der Waals surface area (Å²) in [6.07, 6.45) is 1.82. The SMILES string of the molecule is Cc1cc(C(=O)N2CC3(C[C@H](OCc4csc(C)n4)CCO3)C2)on1. The first kappa shape index (κ1) is 16.7. The first-order valence-electron chi connectivity index (χ1n) is 8.42. The molecule has 1 atom stereocenters. The van der Waals surface area contributed by atoms with Crippen LogP contribution >= 0.6 is 11.3 Å². The first-order valence-corrected chi connectivity index (χ1v) is 9.30. The lowest BCUT2D eigenvalue weighted by Gasteiger charge is -2.52. The summed E-state index contributed by atoms with van der Waals surface area (Å²) < 4.78 is 17.1. The number of carbonyl (C=O) groups is 1. The lowest BCUT2D eigenvalue weighted by atomic mass is 9.84. The summed E-state index contributed by atoms with van der Waals surface area (Å²) in [5.41, 5.74) is 1.40. The number of aromatic nitrogens is 2. The number of carbonyl (C=O) groups excluding carboxylic acids is 1. The van der Waals surface area contributed by atoms with Gasteiger partial charge >= 0.3 is 0 Å². The van der Waals surface area contributed by atoms with Crippen LogP contribution in [0.15, 0.2) is 16.0 Å². The molecule has 25 heavy (non-hydrogen) atoms. The van der Waals surface area contributed by atoms with E-state index in [9.17, 15) is 4.79 Å². The summed E-state index contributed by atoms with van der Waals surface area (Å²) in [6, 6.07) is 1.66. The van der Waals surface area contributed by atoms with Gasteiger partial charge in [-0.15, -0.1) is 11.3 Å². The van der Waals surface area contributed by atoms with Crippen LogP contribution < -0.4 is 0 Å². The number of hydrogen-bond acceptors (Lipinski definition) is 7. The molecule has 134 valence electrons. The van der Waals surface area contributed by atoms with Crippen LogP contribution in [0.5, 0.6) is 0 Å². The molecule has 2 aliphatic rings. The summed E-state index contributed by atoms with van der Waals surface area (Å²) in [6.45, 7) is 6.12. The third kappa shape index (κ3) is 3.47. The number of thiazole rings is 1. The van der Waals surface area contributed by atoms with Crippen molar-refractivity contribution in [1.82, 2.24) is 15.0 Å². The summed E-state index contributed by atoms with van der Waals surface area (Å²) in [5.74, 6) is 0.158. The Bertz CT molecular complexity index is 766. The van der Waals surface area contributed by atoms with E-state index in [0.29, 0.717) is 32.0 Å². The normalized spacial score (nSPS) is 22.2. The van der Waals surface area contributed by atoms with E-state index in [1.165, 1.54) is 0 Å². The molecule has 4 rings (SSSR count). The van der Waals surface area contributed by atoms with Crippen LogP contribution in [0, 0.1) is 13.8 Å². The maximum atomic E-state index is 12.4. The van der Waals surface area contributed by atoms with E-state index in [-0.39, 0.29) is 23.4 Å². The van der Waals surface area contributed by atoms with Crippen molar-refractivity contribution in [3.8, 4) is 0 Å². The van der Waals surface area contributed by atoms with Gasteiger partial charge in [0.25, 0.3) is 5.91 Å². The second kappa shape index (κ2) is 6.51. The molecule has 8 heteroatoms. The summed E-state index contributed by atoms with van der Waals surface area (Å²) in [4.78, 5) is 18.5. The van der Waals surface area contributed by atoms with Crippen LogP contribution in [0.25, 0.3) is 0 Å². The quantitative estimate of drug-likeness (QED) is 0.830. The van der Waals surface area contributed by atoms with Gasteiger partial charge in [-0.05, 0) is 20.3 Å². The maximum Gasteiger partial charge on any atom is 0.292 e. The highest BCUT2D eigenvalue weighted by molar-refractivity contribution is 7.09. The van der Waals surface area contributed by atoms with E-state index >= 15 is 0 Å². The minimum atomic E-state index is -0.286. The van der Waals surface area contributed by atoms with Gasteiger partial charge in [-0.2, -0.15) is 0 Å². The Hall–Kier alpha value is -1.77. The molecule has 0 radical (unpaired) electrons. The highest BCUT2D eigenvalue weighted by Gasteiger charge is 2.50.